The van der Waals surface area contributed by atoms with Crippen molar-refractivity contribution in [3.63, 3.8) is 0 Å². The van der Waals surface area contributed by atoms with Gasteiger partial charge in [0.2, 0.25) is 0 Å². The van der Waals surface area contributed by atoms with Crippen molar-refractivity contribution in [2.45, 2.75) is 19.9 Å². The fourth-order valence-corrected chi connectivity index (χ4v) is 3.41. The molecular weight excluding hydrogens is 382 g/mol. The minimum Gasteiger partial charge on any atom is -0.503 e. The second-order valence-corrected chi connectivity index (χ2v) is 7.21. The summed E-state index contributed by atoms with van der Waals surface area (Å²) in [5.41, 5.74) is 0.754. The predicted octanol–water partition coefficient (Wildman–Crippen LogP) is 4.16. The first kappa shape index (κ1) is 19.6. The van der Waals surface area contributed by atoms with Gasteiger partial charge in [0.1, 0.15) is 0 Å². The van der Waals surface area contributed by atoms with Gasteiger partial charge in [0.25, 0.3) is 5.91 Å². The minimum atomic E-state index is -1.15. The number of carbonyl (C=O) groups is 3. The molecule has 6 nitrogen and oxygen atoms in total. The lowest BCUT2D eigenvalue weighted by molar-refractivity contribution is -0.119. The molecule has 0 aromatic heterocycles. The number of aliphatic hydroxyl groups is 1. The molecular formula is C21H18ClNO5. The summed E-state index contributed by atoms with van der Waals surface area (Å²) >= 11 is 6.10. The largest absolute Gasteiger partial charge is 0.503 e. The van der Waals surface area contributed by atoms with E-state index < -0.39 is 29.6 Å². The van der Waals surface area contributed by atoms with E-state index in [1.807, 2.05) is 0 Å². The van der Waals surface area contributed by atoms with Crippen molar-refractivity contribution in [3.05, 3.63) is 76.0 Å². The maximum absolute atomic E-state index is 12.9. The molecule has 0 saturated carbocycles. The van der Waals surface area contributed by atoms with E-state index in [-0.39, 0.29) is 22.6 Å². The van der Waals surface area contributed by atoms with Gasteiger partial charge in [-0.05, 0) is 35.9 Å². The second kappa shape index (κ2) is 7.48. The molecule has 0 fully saturated rings. The number of amides is 1. The third kappa shape index (κ3) is 3.39. The summed E-state index contributed by atoms with van der Waals surface area (Å²) in [6, 6.07) is 11.5. The molecule has 1 amide bonds. The number of Topliss-reactive ketones (excluding diaryl/α,β-unsaturated/α-hetero) is 1. The Labute approximate surface area is 166 Å². The summed E-state index contributed by atoms with van der Waals surface area (Å²) in [6.45, 7) is 3.35. The highest BCUT2D eigenvalue weighted by molar-refractivity contribution is 6.30. The van der Waals surface area contributed by atoms with Gasteiger partial charge >= 0.3 is 5.97 Å². The van der Waals surface area contributed by atoms with E-state index in [0.29, 0.717) is 10.6 Å². The molecule has 0 aliphatic carbocycles. The number of hydrogen-bond donors (Lipinski definition) is 2. The van der Waals surface area contributed by atoms with Gasteiger partial charge in [-0.1, -0.05) is 43.6 Å². The summed E-state index contributed by atoms with van der Waals surface area (Å²) in [4.78, 5) is 38.2. The monoisotopic (exact) mass is 399 g/mol. The van der Waals surface area contributed by atoms with Crippen molar-refractivity contribution in [2.75, 3.05) is 4.90 Å². The Morgan fingerprint density at radius 2 is 1.79 bits per heavy atom. The van der Waals surface area contributed by atoms with Gasteiger partial charge in [0, 0.05) is 16.6 Å². The number of carbonyl (C=O) groups excluding carboxylic acids is 2. The summed E-state index contributed by atoms with van der Waals surface area (Å²) in [5, 5.41) is 20.2. The number of aliphatic hydroxyl groups excluding tert-OH is 1. The predicted molar refractivity (Wildman–Crippen MR) is 105 cm³/mol. The average Bonchev–Trinajstić information content (AvgIpc) is 2.92. The molecule has 0 saturated heterocycles. The molecule has 2 N–H and O–H groups in total. The van der Waals surface area contributed by atoms with Crippen LogP contribution in [0.25, 0.3) is 0 Å². The van der Waals surface area contributed by atoms with Crippen LogP contribution < -0.4 is 4.90 Å². The topological polar surface area (TPSA) is 94.9 Å². The maximum atomic E-state index is 12.9. The molecule has 7 heteroatoms. The Bertz CT molecular complexity index is 1010. The van der Waals surface area contributed by atoms with E-state index in [1.54, 1.807) is 44.2 Å². The van der Waals surface area contributed by atoms with Crippen LogP contribution in [0.2, 0.25) is 5.02 Å². The Hall–Kier alpha value is -3.12. The van der Waals surface area contributed by atoms with Crippen LogP contribution in [0.3, 0.4) is 0 Å². The summed E-state index contributed by atoms with van der Waals surface area (Å²) in [5.74, 6) is -3.37. The van der Waals surface area contributed by atoms with E-state index in [2.05, 4.69) is 0 Å². The molecule has 1 heterocycles. The van der Waals surface area contributed by atoms with E-state index in [1.165, 1.54) is 23.1 Å². The molecule has 28 heavy (non-hydrogen) atoms. The summed E-state index contributed by atoms with van der Waals surface area (Å²) < 4.78 is 0. The van der Waals surface area contributed by atoms with Gasteiger partial charge in [-0.15, -0.1) is 0 Å². The van der Waals surface area contributed by atoms with Crippen molar-refractivity contribution < 1.29 is 24.6 Å². The van der Waals surface area contributed by atoms with Crippen molar-refractivity contribution in [2.24, 2.45) is 5.92 Å². The van der Waals surface area contributed by atoms with Crippen LogP contribution in [0.1, 0.15) is 35.8 Å². The van der Waals surface area contributed by atoms with Crippen LogP contribution >= 0.6 is 11.6 Å². The highest BCUT2D eigenvalue weighted by Crippen LogP contribution is 2.42. The third-order valence-corrected chi connectivity index (χ3v) is 4.77. The Morgan fingerprint density at radius 1 is 1.11 bits per heavy atom. The quantitative estimate of drug-likeness (QED) is 0.787. The fourth-order valence-electron chi connectivity index (χ4n) is 3.22. The Kier molecular flexibility index (Phi) is 5.25. The lowest BCUT2D eigenvalue weighted by Gasteiger charge is -2.27. The summed E-state index contributed by atoms with van der Waals surface area (Å²) in [6.07, 6.45) is 0. The van der Waals surface area contributed by atoms with Gasteiger partial charge < -0.3 is 10.2 Å². The van der Waals surface area contributed by atoms with E-state index >= 15 is 0 Å². The van der Waals surface area contributed by atoms with E-state index in [4.69, 9.17) is 11.6 Å². The number of halogens is 1. The first-order valence-corrected chi connectivity index (χ1v) is 9.00. The van der Waals surface area contributed by atoms with Crippen LogP contribution in [0.15, 0.2) is 59.9 Å². The SMILES string of the molecule is CC(C)C(=O)C1=C(O)C(=O)N(c2cccc(C(=O)O)c2)[C@@H]1c1cccc(Cl)c1. The van der Waals surface area contributed by atoms with Crippen molar-refractivity contribution in [1.29, 1.82) is 0 Å². The van der Waals surface area contributed by atoms with Crippen LogP contribution in [-0.4, -0.2) is 27.9 Å². The molecule has 0 spiro atoms. The number of hydrogen-bond acceptors (Lipinski definition) is 4. The number of nitrogens with zero attached hydrogens (tertiary/aromatic N) is 1. The number of anilines is 1. The maximum Gasteiger partial charge on any atom is 0.335 e. The van der Waals surface area contributed by atoms with Gasteiger partial charge in [0.15, 0.2) is 11.5 Å². The second-order valence-electron chi connectivity index (χ2n) is 6.77. The van der Waals surface area contributed by atoms with Crippen LogP contribution in [0.4, 0.5) is 5.69 Å². The highest BCUT2D eigenvalue weighted by Gasteiger charge is 2.44. The van der Waals surface area contributed by atoms with Crippen LogP contribution in [0, 0.1) is 5.92 Å². The van der Waals surface area contributed by atoms with Gasteiger partial charge in [-0.2, -0.15) is 0 Å². The lowest BCUT2D eigenvalue weighted by atomic mass is 9.91. The number of aromatic carboxylic acids is 1. The zero-order valence-electron chi connectivity index (χ0n) is 15.2. The molecule has 0 unspecified atom stereocenters. The van der Waals surface area contributed by atoms with E-state index in [0.717, 1.165) is 0 Å². The zero-order chi connectivity index (χ0) is 20.6. The lowest BCUT2D eigenvalue weighted by Crippen LogP contribution is -2.31. The van der Waals surface area contributed by atoms with Crippen molar-refractivity contribution >= 4 is 34.9 Å². The average molecular weight is 400 g/mol. The normalized spacial score (nSPS) is 16.8. The molecule has 2 aromatic carbocycles. The van der Waals surface area contributed by atoms with Crippen LogP contribution in [0.5, 0.6) is 0 Å². The highest BCUT2D eigenvalue weighted by atomic mass is 35.5. The first-order valence-electron chi connectivity index (χ1n) is 8.62. The molecule has 0 radical (unpaired) electrons. The molecule has 3 rings (SSSR count). The molecule has 1 atom stereocenters. The minimum absolute atomic E-state index is 0.0155. The van der Waals surface area contributed by atoms with Gasteiger partial charge in [-0.25, -0.2) is 4.79 Å². The fraction of sp³-hybridized carbons (Fsp3) is 0.190. The Balaban J connectivity index is 2.21. The number of ketones is 1. The number of benzene rings is 2. The standard InChI is InChI=1S/C21H18ClNO5/c1-11(2)18(24)16-17(12-5-3-7-14(22)9-12)23(20(26)19(16)25)15-8-4-6-13(10-15)21(27)28/h3-11,17,25H,1-2H3,(H,27,28)/t17-/m1/s1. The number of carboxylic acid groups (broad SMARTS) is 1. The van der Waals surface area contributed by atoms with E-state index in [9.17, 15) is 24.6 Å². The van der Waals surface area contributed by atoms with Crippen molar-refractivity contribution in [3.8, 4) is 0 Å². The smallest absolute Gasteiger partial charge is 0.335 e. The summed E-state index contributed by atoms with van der Waals surface area (Å²) in [7, 11) is 0. The van der Waals surface area contributed by atoms with Crippen LogP contribution in [-0.2, 0) is 9.59 Å². The molecule has 1 aliphatic heterocycles. The Morgan fingerprint density at radius 3 is 2.39 bits per heavy atom. The number of rotatable bonds is 5. The zero-order valence-corrected chi connectivity index (χ0v) is 16.0. The first-order chi connectivity index (χ1) is 13.2. The van der Waals surface area contributed by atoms with Gasteiger partial charge in [-0.3, -0.25) is 14.5 Å². The van der Waals surface area contributed by atoms with Crippen molar-refractivity contribution in [1.82, 2.24) is 0 Å². The molecule has 2 aromatic rings. The molecule has 0 bridgehead atoms. The molecule has 1 aliphatic rings. The number of carboxylic acids is 1. The van der Waals surface area contributed by atoms with Gasteiger partial charge in [0.05, 0.1) is 17.2 Å². The third-order valence-electron chi connectivity index (χ3n) is 4.53. The molecule has 144 valence electrons.